The lowest BCUT2D eigenvalue weighted by Gasteiger charge is -2.17. The molecule has 4 rings (SSSR count). The predicted octanol–water partition coefficient (Wildman–Crippen LogP) is 4.58. The highest BCUT2D eigenvalue weighted by atomic mass is 79.9. The number of fused-ring (bicyclic) bond motifs is 3. The van der Waals surface area contributed by atoms with Crippen LogP contribution in [0.2, 0.25) is 0 Å². The number of pyridine rings is 1. The maximum atomic E-state index is 14.8. The minimum Gasteiger partial charge on any atom is -0.293 e. The molecule has 0 saturated heterocycles. The van der Waals surface area contributed by atoms with Crippen molar-refractivity contribution in [3.8, 4) is 11.8 Å². The molecule has 7 heteroatoms. The van der Waals surface area contributed by atoms with Crippen LogP contribution in [-0.2, 0) is 12.5 Å². The Balaban J connectivity index is 2.09. The normalized spacial score (nSPS) is 11.9. The Morgan fingerprint density at radius 2 is 1.96 bits per heavy atom. The van der Waals surface area contributed by atoms with E-state index in [0.29, 0.717) is 22.3 Å². The molecule has 0 aliphatic rings. The highest BCUT2D eigenvalue weighted by molar-refractivity contribution is 9.10. The molecule has 0 atom stereocenters. The molecular weight excluding hydrogens is 423 g/mol. The Kier molecular flexibility index (Phi) is 4.12. The van der Waals surface area contributed by atoms with Crippen molar-refractivity contribution in [2.24, 2.45) is 7.05 Å². The molecule has 2 aromatic carbocycles. The number of halogens is 2. The number of rotatable bonds is 2. The van der Waals surface area contributed by atoms with E-state index in [1.54, 1.807) is 39.2 Å². The van der Waals surface area contributed by atoms with E-state index in [-0.39, 0.29) is 5.69 Å². The van der Waals surface area contributed by atoms with E-state index in [4.69, 9.17) is 0 Å². The maximum absolute atomic E-state index is 14.8. The van der Waals surface area contributed by atoms with E-state index < -0.39 is 11.2 Å². The fourth-order valence-corrected chi connectivity index (χ4v) is 3.78. The second kappa shape index (κ2) is 6.28. The van der Waals surface area contributed by atoms with Crippen molar-refractivity contribution >= 4 is 37.9 Å². The van der Waals surface area contributed by atoms with Crippen LogP contribution in [-0.4, -0.2) is 14.1 Å². The van der Waals surface area contributed by atoms with Crippen molar-refractivity contribution in [3.05, 3.63) is 68.9 Å². The first-order valence-electron chi connectivity index (χ1n) is 8.62. The van der Waals surface area contributed by atoms with Gasteiger partial charge in [-0.15, -0.1) is 0 Å². The van der Waals surface area contributed by atoms with Crippen LogP contribution in [0.1, 0.15) is 19.4 Å². The number of aryl methyl sites for hydroxylation is 1. The summed E-state index contributed by atoms with van der Waals surface area (Å²) in [6.45, 7) is 3.32. The Bertz CT molecular complexity index is 1360. The van der Waals surface area contributed by atoms with Crippen molar-refractivity contribution < 1.29 is 4.39 Å². The first-order chi connectivity index (χ1) is 13.2. The molecule has 0 amide bonds. The van der Waals surface area contributed by atoms with Crippen molar-refractivity contribution in [2.45, 2.75) is 19.3 Å². The van der Waals surface area contributed by atoms with Gasteiger partial charge in [-0.3, -0.25) is 14.1 Å². The van der Waals surface area contributed by atoms with E-state index >= 15 is 0 Å². The first kappa shape index (κ1) is 18.4. The molecule has 5 nitrogen and oxygen atoms in total. The van der Waals surface area contributed by atoms with Crippen LogP contribution in [0.3, 0.4) is 0 Å². The van der Waals surface area contributed by atoms with Crippen LogP contribution in [0, 0.1) is 17.1 Å². The van der Waals surface area contributed by atoms with Gasteiger partial charge < -0.3 is 0 Å². The molecule has 0 spiro atoms. The third-order valence-corrected chi connectivity index (χ3v) is 5.50. The smallest absolute Gasteiger partial charge is 0.293 e. The van der Waals surface area contributed by atoms with Gasteiger partial charge in [-0.25, -0.2) is 9.18 Å². The standard InChI is InChI=1S/C21H16BrFN4O/c1-21(2,11-24)15-6-5-13(9-16(15)23)27-19-14-8-12(22)4-7-17(14)25-10-18(19)26(3)20(27)28/h4-10H,1-3H3. The second-order valence-electron chi connectivity index (χ2n) is 7.23. The highest BCUT2D eigenvalue weighted by Gasteiger charge is 2.25. The largest absolute Gasteiger partial charge is 0.333 e. The fraction of sp³-hybridized carbons (Fsp3) is 0.190. The van der Waals surface area contributed by atoms with Gasteiger partial charge in [0, 0.05) is 22.5 Å². The third-order valence-electron chi connectivity index (χ3n) is 5.01. The van der Waals surface area contributed by atoms with Gasteiger partial charge >= 0.3 is 5.69 Å². The second-order valence-corrected chi connectivity index (χ2v) is 8.15. The van der Waals surface area contributed by atoms with Crippen LogP contribution in [0.4, 0.5) is 4.39 Å². The summed E-state index contributed by atoms with van der Waals surface area (Å²) in [6, 6.07) is 12.3. The minimum absolute atomic E-state index is 0.293. The maximum Gasteiger partial charge on any atom is 0.333 e. The molecule has 2 heterocycles. The summed E-state index contributed by atoms with van der Waals surface area (Å²) >= 11 is 3.46. The zero-order valence-electron chi connectivity index (χ0n) is 15.5. The zero-order chi connectivity index (χ0) is 20.2. The average molecular weight is 439 g/mol. The van der Waals surface area contributed by atoms with E-state index in [9.17, 15) is 14.4 Å². The first-order valence-corrected chi connectivity index (χ1v) is 9.41. The quantitative estimate of drug-likeness (QED) is 0.459. The van der Waals surface area contributed by atoms with Crippen LogP contribution >= 0.6 is 15.9 Å². The number of benzene rings is 2. The topological polar surface area (TPSA) is 63.6 Å². The molecule has 4 aromatic rings. The number of imidazole rings is 1. The Labute approximate surface area is 168 Å². The lowest BCUT2D eigenvalue weighted by molar-refractivity contribution is 0.564. The van der Waals surface area contributed by atoms with Crippen molar-refractivity contribution in [3.63, 3.8) is 0 Å². The van der Waals surface area contributed by atoms with Gasteiger partial charge in [0.25, 0.3) is 0 Å². The molecule has 0 aliphatic carbocycles. The monoisotopic (exact) mass is 438 g/mol. The minimum atomic E-state index is -0.964. The molecule has 28 heavy (non-hydrogen) atoms. The number of aromatic nitrogens is 3. The summed E-state index contributed by atoms with van der Waals surface area (Å²) in [6.07, 6.45) is 1.65. The number of hydrogen-bond donors (Lipinski definition) is 0. The van der Waals surface area contributed by atoms with Gasteiger partial charge in [0.2, 0.25) is 0 Å². The molecular formula is C21H16BrFN4O. The van der Waals surface area contributed by atoms with Crippen molar-refractivity contribution in [1.82, 2.24) is 14.1 Å². The van der Waals surface area contributed by atoms with Gasteiger partial charge in [0.1, 0.15) is 5.82 Å². The van der Waals surface area contributed by atoms with Gasteiger partial charge in [-0.2, -0.15) is 5.26 Å². The lowest BCUT2D eigenvalue weighted by atomic mass is 9.86. The molecule has 0 bridgehead atoms. The lowest BCUT2D eigenvalue weighted by Crippen LogP contribution is -2.22. The Hall–Kier alpha value is -2.98. The van der Waals surface area contributed by atoms with Crippen molar-refractivity contribution in [1.29, 1.82) is 5.26 Å². The molecule has 0 aliphatic heterocycles. The summed E-state index contributed by atoms with van der Waals surface area (Å²) in [4.78, 5) is 17.4. The average Bonchev–Trinajstić information content (AvgIpc) is 2.92. The van der Waals surface area contributed by atoms with Crippen LogP contribution in [0.15, 0.2) is 51.9 Å². The molecule has 140 valence electrons. The van der Waals surface area contributed by atoms with Gasteiger partial charge in [0.05, 0.1) is 39.9 Å². The Morgan fingerprint density at radius 3 is 2.64 bits per heavy atom. The molecule has 0 unspecified atom stereocenters. The Morgan fingerprint density at radius 1 is 1.21 bits per heavy atom. The highest BCUT2D eigenvalue weighted by Crippen LogP contribution is 2.30. The molecule has 2 aromatic heterocycles. The van der Waals surface area contributed by atoms with E-state index in [0.717, 1.165) is 15.4 Å². The van der Waals surface area contributed by atoms with Crippen LogP contribution in [0.25, 0.3) is 27.6 Å². The fourth-order valence-electron chi connectivity index (χ4n) is 3.42. The molecule has 0 radical (unpaired) electrons. The molecule has 0 N–H and O–H groups in total. The van der Waals surface area contributed by atoms with E-state index in [1.807, 2.05) is 18.2 Å². The van der Waals surface area contributed by atoms with E-state index in [1.165, 1.54) is 15.2 Å². The van der Waals surface area contributed by atoms with Crippen molar-refractivity contribution in [2.75, 3.05) is 0 Å². The van der Waals surface area contributed by atoms with Gasteiger partial charge in [-0.05, 0) is 44.2 Å². The third kappa shape index (κ3) is 2.64. The summed E-state index contributed by atoms with van der Waals surface area (Å²) in [5, 5.41) is 10.1. The van der Waals surface area contributed by atoms with Crippen LogP contribution < -0.4 is 5.69 Å². The van der Waals surface area contributed by atoms with Crippen LogP contribution in [0.5, 0.6) is 0 Å². The van der Waals surface area contributed by atoms with Gasteiger partial charge in [0.15, 0.2) is 0 Å². The van der Waals surface area contributed by atoms with E-state index in [2.05, 4.69) is 27.0 Å². The number of nitrogens with zero attached hydrogens (tertiary/aromatic N) is 4. The number of nitriles is 1. The predicted molar refractivity (Wildman–Crippen MR) is 110 cm³/mol. The molecule has 0 fully saturated rings. The zero-order valence-corrected chi connectivity index (χ0v) is 17.1. The summed E-state index contributed by atoms with van der Waals surface area (Å²) in [5.41, 5.74) is 1.48. The number of hydrogen-bond acceptors (Lipinski definition) is 3. The summed E-state index contributed by atoms with van der Waals surface area (Å²) in [5.74, 6) is -0.521. The van der Waals surface area contributed by atoms with Gasteiger partial charge in [-0.1, -0.05) is 22.0 Å². The SMILES string of the molecule is Cn1c(=O)n(-c2ccc(C(C)(C)C#N)c(F)c2)c2c3cc(Br)ccc3ncc21. The molecule has 0 saturated carbocycles. The summed E-state index contributed by atoms with van der Waals surface area (Å²) < 4.78 is 18.7. The summed E-state index contributed by atoms with van der Waals surface area (Å²) in [7, 11) is 1.66.